The van der Waals surface area contributed by atoms with Crippen LogP contribution in [0.1, 0.15) is 30.6 Å². The van der Waals surface area contributed by atoms with Gasteiger partial charge >= 0.3 is 0 Å². The summed E-state index contributed by atoms with van der Waals surface area (Å²) >= 11 is 9.00. The average molecular weight is 320 g/mol. The molecule has 1 aromatic rings. The number of carbonyl (C=O) groups excluding carboxylic acids is 1. The number of carbonyl (C=O) groups is 1. The molecule has 0 saturated carbocycles. The molecule has 0 aromatic carbocycles. The highest BCUT2D eigenvalue weighted by Gasteiger charge is 2.18. The van der Waals surface area contributed by atoms with Crippen LogP contribution in [0, 0.1) is 5.41 Å². The van der Waals surface area contributed by atoms with Gasteiger partial charge in [-0.3, -0.25) is 9.78 Å². The van der Waals surface area contributed by atoms with E-state index in [9.17, 15) is 4.79 Å². The fourth-order valence-electron chi connectivity index (χ4n) is 1.30. The third kappa shape index (κ3) is 5.04. The number of alkyl halides is 1. The standard InChI is InChI=1S/C12H16BrClN2O/c1-12(2,3-4-14)8-16-11(17)9-5-10(13)7-15-6-9/h5-7H,3-4,8H2,1-2H3,(H,16,17). The van der Waals surface area contributed by atoms with Crippen molar-refractivity contribution < 1.29 is 4.79 Å². The number of hydrogen-bond acceptors (Lipinski definition) is 2. The maximum Gasteiger partial charge on any atom is 0.252 e. The molecule has 0 aliphatic heterocycles. The highest BCUT2D eigenvalue weighted by molar-refractivity contribution is 9.10. The fourth-order valence-corrected chi connectivity index (χ4v) is 2.18. The second-order valence-corrected chi connectivity index (χ2v) is 5.97. The van der Waals surface area contributed by atoms with Crippen molar-refractivity contribution in [2.45, 2.75) is 20.3 Å². The Morgan fingerprint density at radius 2 is 2.24 bits per heavy atom. The second kappa shape index (κ2) is 6.36. The van der Waals surface area contributed by atoms with Crippen LogP contribution in [-0.2, 0) is 0 Å². The van der Waals surface area contributed by atoms with E-state index in [1.807, 2.05) is 0 Å². The monoisotopic (exact) mass is 318 g/mol. The summed E-state index contributed by atoms with van der Waals surface area (Å²) in [6.07, 6.45) is 4.06. The van der Waals surface area contributed by atoms with E-state index < -0.39 is 0 Å². The Labute approximate surface area is 115 Å². The normalized spacial score (nSPS) is 11.3. The number of nitrogens with zero attached hydrogens (tertiary/aromatic N) is 1. The first-order chi connectivity index (χ1) is 7.94. The minimum atomic E-state index is -0.110. The minimum Gasteiger partial charge on any atom is -0.351 e. The van der Waals surface area contributed by atoms with Gasteiger partial charge in [-0.25, -0.2) is 0 Å². The van der Waals surface area contributed by atoms with Crippen molar-refractivity contribution in [3.63, 3.8) is 0 Å². The van der Waals surface area contributed by atoms with Gasteiger partial charge in [0.25, 0.3) is 5.91 Å². The van der Waals surface area contributed by atoms with Crippen molar-refractivity contribution in [1.29, 1.82) is 0 Å². The predicted molar refractivity (Wildman–Crippen MR) is 73.4 cm³/mol. The van der Waals surface area contributed by atoms with Crippen LogP contribution in [0.2, 0.25) is 0 Å². The first-order valence-electron chi connectivity index (χ1n) is 5.39. The summed E-state index contributed by atoms with van der Waals surface area (Å²) in [6.45, 7) is 4.76. The Morgan fingerprint density at radius 1 is 1.53 bits per heavy atom. The van der Waals surface area contributed by atoms with E-state index >= 15 is 0 Å². The maximum absolute atomic E-state index is 11.8. The molecule has 0 aliphatic carbocycles. The molecule has 1 N–H and O–H groups in total. The molecule has 1 aromatic heterocycles. The molecule has 0 fully saturated rings. The summed E-state index contributed by atoms with van der Waals surface area (Å²) < 4.78 is 0.796. The smallest absolute Gasteiger partial charge is 0.252 e. The molecule has 94 valence electrons. The molecule has 0 spiro atoms. The van der Waals surface area contributed by atoms with Crippen molar-refractivity contribution in [3.05, 3.63) is 28.5 Å². The summed E-state index contributed by atoms with van der Waals surface area (Å²) in [5, 5.41) is 2.89. The quantitative estimate of drug-likeness (QED) is 0.847. The van der Waals surface area contributed by atoms with Gasteiger partial charge in [-0.15, -0.1) is 11.6 Å². The lowest BCUT2D eigenvalue weighted by atomic mass is 9.90. The Hall–Kier alpha value is -0.610. The number of hydrogen-bond donors (Lipinski definition) is 1. The lowest BCUT2D eigenvalue weighted by Gasteiger charge is -2.23. The van der Waals surface area contributed by atoms with E-state index in [4.69, 9.17) is 11.6 Å². The zero-order chi connectivity index (χ0) is 12.9. The van der Waals surface area contributed by atoms with Crippen LogP contribution < -0.4 is 5.32 Å². The third-order valence-corrected chi connectivity index (χ3v) is 3.09. The van der Waals surface area contributed by atoms with Gasteiger partial charge in [0, 0.05) is 29.3 Å². The lowest BCUT2D eigenvalue weighted by molar-refractivity contribution is 0.0935. The van der Waals surface area contributed by atoms with Gasteiger partial charge in [-0.1, -0.05) is 13.8 Å². The third-order valence-electron chi connectivity index (χ3n) is 2.47. The van der Waals surface area contributed by atoms with Crippen LogP contribution >= 0.6 is 27.5 Å². The molecule has 1 rings (SSSR count). The summed E-state index contributed by atoms with van der Waals surface area (Å²) in [5.74, 6) is 0.489. The molecular weight excluding hydrogens is 304 g/mol. The van der Waals surface area contributed by atoms with E-state index in [0.29, 0.717) is 18.0 Å². The van der Waals surface area contributed by atoms with Crippen LogP contribution in [0.15, 0.2) is 22.9 Å². The van der Waals surface area contributed by atoms with E-state index in [-0.39, 0.29) is 11.3 Å². The van der Waals surface area contributed by atoms with E-state index in [1.165, 1.54) is 0 Å². The Bertz CT molecular complexity index is 396. The summed E-state index contributed by atoms with van der Waals surface area (Å²) in [5.41, 5.74) is 0.567. The van der Waals surface area contributed by atoms with E-state index in [0.717, 1.165) is 10.9 Å². The van der Waals surface area contributed by atoms with Crippen molar-refractivity contribution >= 4 is 33.4 Å². The zero-order valence-corrected chi connectivity index (χ0v) is 12.3. The van der Waals surface area contributed by atoms with Crippen LogP contribution in [0.25, 0.3) is 0 Å². The van der Waals surface area contributed by atoms with Crippen LogP contribution in [0.3, 0.4) is 0 Å². The fraction of sp³-hybridized carbons (Fsp3) is 0.500. The molecular formula is C12H16BrClN2O. The molecule has 0 atom stereocenters. The largest absolute Gasteiger partial charge is 0.351 e. The van der Waals surface area contributed by atoms with Gasteiger partial charge in [0.2, 0.25) is 0 Å². The first-order valence-corrected chi connectivity index (χ1v) is 6.72. The zero-order valence-electron chi connectivity index (χ0n) is 9.96. The summed E-state index contributed by atoms with van der Waals surface area (Å²) in [6, 6.07) is 1.75. The van der Waals surface area contributed by atoms with Gasteiger partial charge in [0.15, 0.2) is 0 Å². The average Bonchev–Trinajstić information content (AvgIpc) is 2.26. The van der Waals surface area contributed by atoms with Crippen molar-refractivity contribution in [3.8, 4) is 0 Å². The van der Waals surface area contributed by atoms with Gasteiger partial charge in [-0.2, -0.15) is 0 Å². The molecule has 0 saturated heterocycles. The van der Waals surface area contributed by atoms with E-state index in [1.54, 1.807) is 18.5 Å². The summed E-state index contributed by atoms with van der Waals surface area (Å²) in [7, 11) is 0. The van der Waals surface area contributed by atoms with Crippen LogP contribution in [0.4, 0.5) is 0 Å². The van der Waals surface area contributed by atoms with Crippen molar-refractivity contribution in [2.24, 2.45) is 5.41 Å². The molecule has 1 heterocycles. The van der Waals surface area contributed by atoms with Gasteiger partial charge < -0.3 is 5.32 Å². The molecule has 0 aliphatic rings. The first kappa shape index (κ1) is 14.5. The second-order valence-electron chi connectivity index (χ2n) is 4.68. The highest BCUT2D eigenvalue weighted by atomic mass is 79.9. The van der Waals surface area contributed by atoms with Crippen molar-refractivity contribution in [1.82, 2.24) is 10.3 Å². The van der Waals surface area contributed by atoms with E-state index in [2.05, 4.69) is 40.1 Å². The molecule has 0 bridgehead atoms. The topological polar surface area (TPSA) is 42.0 Å². The molecule has 0 unspecified atom stereocenters. The Kier molecular flexibility index (Phi) is 5.40. The molecule has 5 heteroatoms. The number of aromatic nitrogens is 1. The SMILES string of the molecule is CC(C)(CCCl)CNC(=O)c1cncc(Br)c1. The predicted octanol–water partition coefficient (Wildman–Crippen LogP) is 3.23. The summed E-state index contributed by atoms with van der Waals surface area (Å²) in [4.78, 5) is 15.8. The van der Waals surface area contributed by atoms with Gasteiger partial charge in [0.05, 0.1) is 5.56 Å². The number of pyridine rings is 1. The number of halogens is 2. The van der Waals surface area contributed by atoms with Gasteiger partial charge in [-0.05, 0) is 33.8 Å². The lowest BCUT2D eigenvalue weighted by Crippen LogP contribution is -2.34. The maximum atomic E-state index is 11.8. The Balaban J connectivity index is 2.56. The number of rotatable bonds is 5. The minimum absolute atomic E-state index is 0.0108. The molecule has 17 heavy (non-hydrogen) atoms. The van der Waals surface area contributed by atoms with Gasteiger partial charge in [0.1, 0.15) is 0 Å². The molecule has 0 radical (unpaired) electrons. The van der Waals surface area contributed by atoms with Crippen molar-refractivity contribution in [2.75, 3.05) is 12.4 Å². The molecule has 3 nitrogen and oxygen atoms in total. The Morgan fingerprint density at radius 3 is 2.82 bits per heavy atom. The van der Waals surface area contributed by atoms with Crippen LogP contribution in [0.5, 0.6) is 0 Å². The number of amides is 1. The highest BCUT2D eigenvalue weighted by Crippen LogP contribution is 2.19. The van der Waals surface area contributed by atoms with Crippen LogP contribution in [-0.4, -0.2) is 23.3 Å². The molecule has 1 amide bonds. The number of nitrogens with one attached hydrogen (secondary N) is 1.